The van der Waals surface area contributed by atoms with E-state index in [1.165, 1.54) is 0 Å². The topological polar surface area (TPSA) is 29.1 Å². The Morgan fingerprint density at radius 2 is 2.00 bits per heavy atom. The van der Waals surface area contributed by atoms with Crippen molar-refractivity contribution < 1.29 is 4.79 Å². The molecule has 0 atom stereocenters. The van der Waals surface area contributed by atoms with Crippen molar-refractivity contribution in [2.45, 2.75) is 6.92 Å². The highest BCUT2D eigenvalue weighted by molar-refractivity contribution is 14.1. The minimum absolute atomic E-state index is 0.151. The van der Waals surface area contributed by atoms with Crippen LogP contribution in [0.1, 0.15) is 15.9 Å². The van der Waals surface area contributed by atoms with Crippen molar-refractivity contribution >= 4 is 61.7 Å². The van der Waals surface area contributed by atoms with Gasteiger partial charge in [0.05, 0.1) is 5.02 Å². The summed E-state index contributed by atoms with van der Waals surface area (Å²) in [4.78, 5) is 12.1. The van der Waals surface area contributed by atoms with Gasteiger partial charge >= 0.3 is 0 Å². The zero-order valence-electron chi connectivity index (χ0n) is 10.0. The van der Waals surface area contributed by atoms with E-state index in [4.69, 9.17) is 11.6 Å². The predicted molar refractivity (Wildman–Crippen MR) is 91.0 cm³/mol. The molecule has 0 aliphatic carbocycles. The van der Waals surface area contributed by atoms with Crippen LogP contribution in [0.5, 0.6) is 0 Å². The number of aryl methyl sites for hydroxylation is 1. The largest absolute Gasteiger partial charge is 0.322 e. The Kier molecular flexibility index (Phi) is 4.86. The van der Waals surface area contributed by atoms with Gasteiger partial charge in [0.25, 0.3) is 5.91 Å². The third-order valence-corrected chi connectivity index (χ3v) is 4.50. The Bertz CT molecular complexity index is 645. The van der Waals surface area contributed by atoms with Gasteiger partial charge in [-0.25, -0.2) is 0 Å². The molecule has 2 rings (SSSR count). The molecule has 5 heteroatoms. The van der Waals surface area contributed by atoms with Gasteiger partial charge < -0.3 is 5.32 Å². The van der Waals surface area contributed by atoms with Gasteiger partial charge in [0, 0.05) is 19.3 Å². The maximum absolute atomic E-state index is 12.1. The SMILES string of the molecule is Cc1cc(I)ccc1NC(=O)c1ccc(Cl)c(Br)c1. The molecule has 98 valence electrons. The minimum atomic E-state index is -0.151. The maximum atomic E-state index is 12.1. The number of rotatable bonds is 2. The molecule has 1 amide bonds. The van der Waals surface area contributed by atoms with Crippen LogP contribution in [0.25, 0.3) is 0 Å². The molecule has 1 N–H and O–H groups in total. The summed E-state index contributed by atoms with van der Waals surface area (Å²) in [6.45, 7) is 1.97. The molecule has 0 unspecified atom stereocenters. The van der Waals surface area contributed by atoms with Crippen LogP contribution >= 0.6 is 50.1 Å². The van der Waals surface area contributed by atoms with Gasteiger partial charge in [-0.05, 0) is 87.4 Å². The summed E-state index contributed by atoms with van der Waals surface area (Å²) in [6, 6.07) is 11.0. The third kappa shape index (κ3) is 3.70. The Morgan fingerprint density at radius 1 is 1.26 bits per heavy atom. The van der Waals surface area contributed by atoms with Crippen LogP contribution in [-0.4, -0.2) is 5.91 Å². The van der Waals surface area contributed by atoms with E-state index in [0.717, 1.165) is 14.8 Å². The number of carbonyl (C=O) groups is 1. The first-order valence-corrected chi connectivity index (χ1v) is 7.75. The minimum Gasteiger partial charge on any atom is -0.322 e. The number of hydrogen-bond donors (Lipinski definition) is 1. The monoisotopic (exact) mass is 449 g/mol. The second-order valence-electron chi connectivity index (χ2n) is 4.04. The van der Waals surface area contributed by atoms with Gasteiger partial charge in [-0.2, -0.15) is 0 Å². The number of anilines is 1. The number of benzene rings is 2. The second-order valence-corrected chi connectivity index (χ2v) is 6.55. The number of hydrogen-bond acceptors (Lipinski definition) is 1. The zero-order valence-corrected chi connectivity index (χ0v) is 14.5. The molecule has 0 radical (unpaired) electrons. The van der Waals surface area contributed by atoms with Gasteiger partial charge in [0.1, 0.15) is 0 Å². The van der Waals surface area contributed by atoms with Crippen LogP contribution in [0.15, 0.2) is 40.9 Å². The molecule has 2 nitrogen and oxygen atoms in total. The lowest BCUT2D eigenvalue weighted by Gasteiger charge is -2.09. The normalized spacial score (nSPS) is 10.3. The van der Waals surface area contributed by atoms with Crippen molar-refractivity contribution in [3.63, 3.8) is 0 Å². The van der Waals surface area contributed by atoms with Crippen LogP contribution in [0.4, 0.5) is 5.69 Å². The number of carbonyl (C=O) groups excluding carboxylic acids is 1. The first-order chi connectivity index (χ1) is 8.97. The van der Waals surface area contributed by atoms with Gasteiger partial charge in [-0.15, -0.1) is 0 Å². The van der Waals surface area contributed by atoms with Crippen molar-refractivity contribution in [2.75, 3.05) is 5.32 Å². The van der Waals surface area contributed by atoms with E-state index in [2.05, 4.69) is 43.8 Å². The average molecular weight is 451 g/mol. The Labute approximate surface area is 138 Å². The summed E-state index contributed by atoms with van der Waals surface area (Å²) < 4.78 is 1.85. The summed E-state index contributed by atoms with van der Waals surface area (Å²) in [5.41, 5.74) is 2.42. The van der Waals surface area contributed by atoms with Gasteiger partial charge in [0.2, 0.25) is 0 Å². The van der Waals surface area contributed by atoms with Crippen molar-refractivity contribution in [3.05, 3.63) is 60.6 Å². The first kappa shape index (κ1) is 14.8. The van der Waals surface area contributed by atoms with Gasteiger partial charge in [0.15, 0.2) is 0 Å². The molecule has 0 fully saturated rings. The van der Waals surface area contributed by atoms with Crippen LogP contribution in [0, 0.1) is 10.5 Å². The molecule has 19 heavy (non-hydrogen) atoms. The standard InChI is InChI=1S/C14H10BrClINO/c1-8-6-10(17)3-5-13(8)18-14(19)9-2-4-12(16)11(15)7-9/h2-7H,1H3,(H,18,19). The lowest BCUT2D eigenvalue weighted by Crippen LogP contribution is -2.12. The summed E-state index contributed by atoms with van der Waals surface area (Å²) in [7, 11) is 0. The molecule has 0 aromatic heterocycles. The maximum Gasteiger partial charge on any atom is 0.255 e. The van der Waals surface area contributed by atoms with E-state index in [0.29, 0.717) is 15.1 Å². The summed E-state index contributed by atoms with van der Waals surface area (Å²) in [5.74, 6) is -0.151. The summed E-state index contributed by atoms with van der Waals surface area (Å²) in [5, 5.41) is 3.48. The summed E-state index contributed by atoms with van der Waals surface area (Å²) in [6.07, 6.45) is 0. The highest BCUT2D eigenvalue weighted by Crippen LogP contribution is 2.24. The Hall–Kier alpha value is -0.590. The van der Waals surface area contributed by atoms with Crippen LogP contribution in [-0.2, 0) is 0 Å². The highest BCUT2D eigenvalue weighted by Gasteiger charge is 2.09. The molecule has 0 bridgehead atoms. The molecule has 0 spiro atoms. The molecule has 0 aliphatic heterocycles. The third-order valence-electron chi connectivity index (χ3n) is 2.62. The molecule has 0 saturated heterocycles. The highest BCUT2D eigenvalue weighted by atomic mass is 127. The molecular weight excluding hydrogens is 440 g/mol. The number of amides is 1. The summed E-state index contributed by atoms with van der Waals surface area (Å²) >= 11 is 11.5. The van der Waals surface area contributed by atoms with Crippen LogP contribution in [0.3, 0.4) is 0 Å². The Balaban J connectivity index is 2.23. The molecular formula is C14H10BrClINO. The van der Waals surface area contributed by atoms with E-state index in [1.807, 2.05) is 25.1 Å². The van der Waals surface area contributed by atoms with E-state index in [9.17, 15) is 4.79 Å². The van der Waals surface area contributed by atoms with E-state index in [-0.39, 0.29) is 5.91 Å². The van der Waals surface area contributed by atoms with Crippen LogP contribution in [0.2, 0.25) is 5.02 Å². The molecule has 0 saturated carbocycles. The van der Waals surface area contributed by atoms with Gasteiger partial charge in [-0.3, -0.25) is 4.79 Å². The molecule has 2 aromatic rings. The van der Waals surface area contributed by atoms with Crippen molar-refractivity contribution in [2.24, 2.45) is 0 Å². The molecule has 0 heterocycles. The van der Waals surface area contributed by atoms with Crippen molar-refractivity contribution in [3.8, 4) is 0 Å². The fourth-order valence-electron chi connectivity index (χ4n) is 1.60. The lowest BCUT2D eigenvalue weighted by atomic mass is 10.1. The van der Waals surface area contributed by atoms with E-state index >= 15 is 0 Å². The van der Waals surface area contributed by atoms with E-state index in [1.54, 1.807) is 18.2 Å². The fraction of sp³-hybridized carbons (Fsp3) is 0.0714. The average Bonchev–Trinajstić information content (AvgIpc) is 2.36. The number of halogens is 3. The lowest BCUT2D eigenvalue weighted by molar-refractivity contribution is 0.102. The quantitative estimate of drug-likeness (QED) is 0.621. The van der Waals surface area contributed by atoms with Crippen molar-refractivity contribution in [1.29, 1.82) is 0 Å². The van der Waals surface area contributed by atoms with Crippen LogP contribution < -0.4 is 5.32 Å². The zero-order chi connectivity index (χ0) is 14.0. The van der Waals surface area contributed by atoms with Crippen molar-refractivity contribution in [1.82, 2.24) is 0 Å². The predicted octanol–water partition coefficient (Wildman–Crippen LogP) is 5.27. The Morgan fingerprint density at radius 3 is 2.63 bits per heavy atom. The van der Waals surface area contributed by atoms with E-state index < -0.39 is 0 Å². The second kappa shape index (κ2) is 6.24. The fourth-order valence-corrected chi connectivity index (χ4v) is 2.74. The molecule has 0 aliphatic rings. The smallest absolute Gasteiger partial charge is 0.255 e. The van der Waals surface area contributed by atoms with Gasteiger partial charge in [-0.1, -0.05) is 11.6 Å². The molecule has 2 aromatic carbocycles. The number of nitrogens with one attached hydrogen (secondary N) is 1. The first-order valence-electron chi connectivity index (χ1n) is 5.50.